The first-order valence-corrected chi connectivity index (χ1v) is 9.21. The van der Waals surface area contributed by atoms with Crippen molar-refractivity contribution < 1.29 is 14.3 Å². The third-order valence-electron chi connectivity index (χ3n) is 4.84. The van der Waals surface area contributed by atoms with Crippen molar-refractivity contribution in [3.05, 3.63) is 53.3 Å². The number of anilines is 1. The molecule has 6 nitrogen and oxygen atoms in total. The number of para-hydroxylation sites is 1. The maximum Gasteiger partial charge on any atom is 0.257 e. The summed E-state index contributed by atoms with van der Waals surface area (Å²) in [5, 5.41) is 2.89. The number of rotatable bonds is 6. The zero-order chi connectivity index (χ0) is 19.4. The summed E-state index contributed by atoms with van der Waals surface area (Å²) in [6.45, 7) is 4.27. The molecule has 1 unspecified atom stereocenters. The molecule has 2 amide bonds. The minimum Gasteiger partial charge on any atom is -0.482 e. The zero-order valence-corrected chi connectivity index (χ0v) is 16.0. The first-order valence-electron chi connectivity index (χ1n) is 9.21. The highest BCUT2D eigenvalue weighted by atomic mass is 16.5. The molecule has 0 bridgehead atoms. The van der Waals surface area contributed by atoms with E-state index < -0.39 is 0 Å². The number of benzene rings is 1. The zero-order valence-electron chi connectivity index (χ0n) is 16.0. The van der Waals surface area contributed by atoms with E-state index in [9.17, 15) is 9.59 Å². The molecule has 1 N–H and O–H groups in total. The molecule has 0 saturated carbocycles. The monoisotopic (exact) mass is 367 g/mol. The lowest BCUT2D eigenvalue weighted by molar-refractivity contribution is -0.124. The Hall–Kier alpha value is -2.89. The Morgan fingerprint density at radius 1 is 1.30 bits per heavy atom. The van der Waals surface area contributed by atoms with Gasteiger partial charge in [0.2, 0.25) is 5.91 Å². The largest absolute Gasteiger partial charge is 0.482 e. The van der Waals surface area contributed by atoms with Gasteiger partial charge in [-0.05, 0) is 37.1 Å². The second-order valence-corrected chi connectivity index (χ2v) is 6.76. The Labute approximate surface area is 159 Å². The molecular weight excluding hydrogens is 342 g/mol. The summed E-state index contributed by atoms with van der Waals surface area (Å²) in [5.74, 6) is 0.461. The molecular formula is C21H25N3O3. The molecule has 142 valence electrons. The van der Waals surface area contributed by atoms with Gasteiger partial charge in [-0.3, -0.25) is 14.6 Å². The highest BCUT2D eigenvalue weighted by molar-refractivity contribution is 5.96. The van der Waals surface area contributed by atoms with E-state index in [2.05, 4.69) is 10.3 Å². The van der Waals surface area contributed by atoms with Gasteiger partial charge in [0.25, 0.3) is 5.91 Å². The van der Waals surface area contributed by atoms with Crippen LogP contribution in [0.4, 0.5) is 5.69 Å². The predicted octanol–water partition coefficient (Wildman–Crippen LogP) is 2.60. The van der Waals surface area contributed by atoms with Gasteiger partial charge in [-0.25, -0.2) is 0 Å². The molecule has 1 aliphatic rings. The minimum atomic E-state index is -0.207. The number of amides is 2. The number of aromatic nitrogens is 1. The van der Waals surface area contributed by atoms with Crippen molar-refractivity contribution in [2.24, 2.45) is 0 Å². The van der Waals surface area contributed by atoms with E-state index in [1.54, 1.807) is 11.9 Å². The van der Waals surface area contributed by atoms with E-state index in [0.29, 0.717) is 18.7 Å². The fraction of sp³-hybridized carbons (Fsp3) is 0.381. The fourth-order valence-corrected chi connectivity index (χ4v) is 3.33. The first-order chi connectivity index (χ1) is 13.0. The Bertz CT molecular complexity index is 850. The number of nitrogens with zero attached hydrogens (tertiary/aromatic N) is 2. The summed E-state index contributed by atoms with van der Waals surface area (Å²) < 4.78 is 5.64. The lowest BCUT2D eigenvalue weighted by Gasteiger charge is -2.31. The number of fused-ring (bicyclic) bond motifs is 1. The van der Waals surface area contributed by atoms with Crippen molar-refractivity contribution in [1.29, 1.82) is 0 Å². The van der Waals surface area contributed by atoms with Gasteiger partial charge in [-0.15, -0.1) is 0 Å². The fourth-order valence-electron chi connectivity index (χ4n) is 3.33. The number of hydrogen-bond acceptors (Lipinski definition) is 4. The number of hydrogen-bond donors (Lipinski definition) is 1. The first kappa shape index (κ1) is 18.9. The highest BCUT2D eigenvalue weighted by Crippen LogP contribution is 2.34. The number of pyridine rings is 1. The van der Waals surface area contributed by atoms with Crippen molar-refractivity contribution in [3.63, 3.8) is 0 Å². The van der Waals surface area contributed by atoms with Crippen LogP contribution in [0.15, 0.2) is 36.4 Å². The molecule has 1 atom stereocenters. The molecule has 27 heavy (non-hydrogen) atoms. The molecule has 0 saturated heterocycles. The van der Waals surface area contributed by atoms with E-state index in [4.69, 9.17) is 4.74 Å². The molecule has 0 aliphatic carbocycles. The SMILES string of the molecule is CCc1nc(C)ccc1OCC(=O)NCC1CC(=O)N(C)c2ccccc21. The van der Waals surface area contributed by atoms with Crippen LogP contribution in [-0.2, 0) is 16.0 Å². The Kier molecular flexibility index (Phi) is 5.74. The van der Waals surface area contributed by atoms with Crippen LogP contribution in [0.5, 0.6) is 5.75 Å². The molecule has 1 aromatic carbocycles. The normalized spacial score (nSPS) is 16.0. The molecule has 1 aliphatic heterocycles. The van der Waals surface area contributed by atoms with Crippen molar-refractivity contribution in [2.75, 3.05) is 25.1 Å². The predicted molar refractivity (Wildman–Crippen MR) is 104 cm³/mol. The molecule has 6 heteroatoms. The van der Waals surface area contributed by atoms with Gasteiger partial charge in [0.1, 0.15) is 5.75 Å². The Morgan fingerprint density at radius 3 is 2.85 bits per heavy atom. The van der Waals surface area contributed by atoms with Crippen LogP contribution < -0.4 is 15.0 Å². The molecule has 2 aromatic rings. The molecule has 0 radical (unpaired) electrons. The second kappa shape index (κ2) is 8.20. The molecule has 0 fully saturated rings. The van der Waals surface area contributed by atoms with Crippen molar-refractivity contribution in [1.82, 2.24) is 10.3 Å². The number of nitrogens with one attached hydrogen (secondary N) is 1. The summed E-state index contributed by atoms with van der Waals surface area (Å²) in [6.07, 6.45) is 1.13. The van der Waals surface area contributed by atoms with Crippen molar-refractivity contribution >= 4 is 17.5 Å². The molecule has 2 heterocycles. The smallest absolute Gasteiger partial charge is 0.257 e. The number of aryl methyl sites for hydroxylation is 2. The summed E-state index contributed by atoms with van der Waals surface area (Å²) in [4.78, 5) is 30.5. The Balaban J connectivity index is 1.58. The van der Waals surface area contributed by atoms with Crippen LogP contribution in [0.3, 0.4) is 0 Å². The topological polar surface area (TPSA) is 71.5 Å². The third kappa shape index (κ3) is 4.27. The molecule has 0 spiro atoms. The summed E-state index contributed by atoms with van der Waals surface area (Å²) >= 11 is 0. The number of ether oxygens (including phenoxy) is 1. The third-order valence-corrected chi connectivity index (χ3v) is 4.84. The maximum absolute atomic E-state index is 12.2. The lowest BCUT2D eigenvalue weighted by Crippen LogP contribution is -2.38. The second-order valence-electron chi connectivity index (χ2n) is 6.76. The van der Waals surface area contributed by atoms with Crippen LogP contribution in [0.25, 0.3) is 0 Å². The van der Waals surface area contributed by atoms with Crippen LogP contribution in [0, 0.1) is 6.92 Å². The van der Waals surface area contributed by atoms with Gasteiger partial charge in [-0.1, -0.05) is 25.1 Å². The number of carbonyl (C=O) groups is 2. The highest BCUT2D eigenvalue weighted by Gasteiger charge is 2.28. The number of carbonyl (C=O) groups excluding carboxylic acids is 2. The van der Waals surface area contributed by atoms with Crippen LogP contribution in [-0.4, -0.2) is 37.0 Å². The van der Waals surface area contributed by atoms with Gasteiger partial charge in [-0.2, -0.15) is 0 Å². The molecule has 3 rings (SSSR count). The molecule has 1 aromatic heterocycles. The van der Waals surface area contributed by atoms with Gasteiger partial charge in [0.15, 0.2) is 6.61 Å². The van der Waals surface area contributed by atoms with Crippen molar-refractivity contribution in [2.45, 2.75) is 32.6 Å². The van der Waals surface area contributed by atoms with Gasteiger partial charge >= 0.3 is 0 Å². The Morgan fingerprint density at radius 2 is 2.07 bits per heavy atom. The summed E-state index contributed by atoms with van der Waals surface area (Å²) in [6, 6.07) is 11.5. The van der Waals surface area contributed by atoms with E-state index in [1.807, 2.05) is 50.2 Å². The van der Waals surface area contributed by atoms with Crippen LogP contribution >= 0.6 is 0 Å². The average molecular weight is 367 g/mol. The summed E-state index contributed by atoms with van der Waals surface area (Å²) in [5.41, 5.74) is 3.76. The lowest BCUT2D eigenvalue weighted by atomic mass is 9.89. The van der Waals surface area contributed by atoms with E-state index in [0.717, 1.165) is 29.1 Å². The van der Waals surface area contributed by atoms with Gasteiger partial charge in [0.05, 0.1) is 5.69 Å². The quantitative estimate of drug-likeness (QED) is 0.852. The van der Waals surface area contributed by atoms with Crippen LogP contribution in [0.2, 0.25) is 0 Å². The van der Waals surface area contributed by atoms with Gasteiger partial charge in [0, 0.05) is 37.3 Å². The van der Waals surface area contributed by atoms with Crippen molar-refractivity contribution in [3.8, 4) is 5.75 Å². The van der Waals surface area contributed by atoms with E-state index in [-0.39, 0.29) is 24.3 Å². The van der Waals surface area contributed by atoms with Gasteiger partial charge < -0.3 is 15.0 Å². The minimum absolute atomic E-state index is 0.0268. The maximum atomic E-state index is 12.2. The standard InChI is InChI=1S/C21H25N3O3/c1-4-17-19(10-9-14(2)23-17)27-13-20(25)22-12-15-11-21(26)24(3)18-8-6-5-7-16(15)18/h5-10,15H,4,11-13H2,1-3H3,(H,22,25). The summed E-state index contributed by atoms with van der Waals surface area (Å²) in [7, 11) is 1.78. The van der Waals surface area contributed by atoms with Crippen LogP contribution in [0.1, 0.15) is 36.2 Å². The van der Waals surface area contributed by atoms with E-state index >= 15 is 0 Å². The average Bonchev–Trinajstić information content (AvgIpc) is 2.68. The van der Waals surface area contributed by atoms with E-state index in [1.165, 1.54) is 0 Å².